The van der Waals surface area contributed by atoms with Crippen LogP contribution in [0, 0.1) is 0 Å². The van der Waals surface area contributed by atoms with Crippen LogP contribution in [0.5, 0.6) is 0 Å². The topological polar surface area (TPSA) is 151 Å². The van der Waals surface area contributed by atoms with E-state index in [0.717, 1.165) is 16.5 Å². The molecule has 3 atom stereocenters. The molecule has 0 saturated carbocycles. The van der Waals surface area contributed by atoms with Gasteiger partial charge in [-0.1, -0.05) is 30.3 Å². The molecule has 1 saturated heterocycles. The first kappa shape index (κ1) is 18.6. The van der Waals surface area contributed by atoms with Gasteiger partial charge in [-0.05, 0) is 22.9 Å². The second kappa shape index (κ2) is 7.10. The molecule has 10 nitrogen and oxygen atoms in total. The highest BCUT2D eigenvalue weighted by Crippen LogP contribution is 2.34. The fourth-order valence-corrected chi connectivity index (χ4v) is 3.80. The van der Waals surface area contributed by atoms with Crippen LogP contribution in [0.25, 0.3) is 21.9 Å². The van der Waals surface area contributed by atoms with Crippen molar-refractivity contribution in [2.75, 3.05) is 17.7 Å². The Morgan fingerprint density at radius 3 is 2.80 bits per heavy atom. The highest BCUT2D eigenvalue weighted by Gasteiger charge is 2.37. The van der Waals surface area contributed by atoms with E-state index in [1.807, 2.05) is 42.5 Å². The molecule has 10 heteroatoms. The van der Waals surface area contributed by atoms with Crippen LogP contribution >= 0.6 is 0 Å². The number of imidazole rings is 1. The Bertz CT molecular complexity index is 1300. The van der Waals surface area contributed by atoms with Crippen LogP contribution < -0.4 is 16.6 Å². The number of aliphatic hydroxyl groups excluding tert-OH is 2. The maximum Gasteiger partial charge on any atom is 0.280 e. The Balaban J connectivity index is 1.63. The molecule has 3 heterocycles. The Kier molecular flexibility index (Phi) is 4.39. The van der Waals surface area contributed by atoms with Gasteiger partial charge in [0, 0.05) is 12.1 Å². The zero-order valence-corrected chi connectivity index (χ0v) is 15.8. The Labute approximate surface area is 170 Å². The maximum atomic E-state index is 12.4. The fourth-order valence-electron chi connectivity index (χ4n) is 3.80. The van der Waals surface area contributed by atoms with E-state index in [1.165, 1.54) is 0 Å². The van der Waals surface area contributed by atoms with Crippen LogP contribution in [0.3, 0.4) is 0 Å². The minimum Gasteiger partial charge on any atom is -0.394 e. The van der Waals surface area contributed by atoms with Gasteiger partial charge in [0.2, 0.25) is 11.9 Å². The van der Waals surface area contributed by atoms with E-state index in [9.17, 15) is 15.0 Å². The quantitative estimate of drug-likeness (QED) is 0.338. The molecule has 0 spiro atoms. The molecule has 6 N–H and O–H groups in total. The number of aromatic amines is 1. The molecule has 1 aliphatic rings. The SMILES string of the molecule is Nc1nc2c(nc(Nc3ccc4ccccc4c3)n2C2CC(O)C(CO)O2)c(=O)[nH]1. The van der Waals surface area contributed by atoms with Crippen LogP contribution in [-0.2, 0) is 4.74 Å². The highest BCUT2D eigenvalue weighted by molar-refractivity contribution is 5.86. The summed E-state index contributed by atoms with van der Waals surface area (Å²) >= 11 is 0. The minimum absolute atomic E-state index is 0.0526. The first-order valence-corrected chi connectivity index (χ1v) is 9.51. The Morgan fingerprint density at radius 1 is 1.23 bits per heavy atom. The molecule has 2 aromatic heterocycles. The second-order valence-corrected chi connectivity index (χ2v) is 7.23. The van der Waals surface area contributed by atoms with E-state index < -0.39 is 24.0 Å². The van der Waals surface area contributed by atoms with Crippen molar-refractivity contribution in [1.29, 1.82) is 0 Å². The van der Waals surface area contributed by atoms with Crippen molar-refractivity contribution in [3.05, 3.63) is 52.8 Å². The molecule has 1 fully saturated rings. The molecule has 2 aromatic carbocycles. The van der Waals surface area contributed by atoms with Crippen molar-refractivity contribution in [1.82, 2.24) is 19.5 Å². The van der Waals surface area contributed by atoms with E-state index >= 15 is 0 Å². The van der Waals surface area contributed by atoms with Crippen LogP contribution in [-0.4, -0.2) is 48.5 Å². The van der Waals surface area contributed by atoms with Gasteiger partial charge in [-0.15, -0.1) is 0 Å². The van der Waals surface area contributed by atoms with Gasteiger partial charge in [-0.3, -0.25) is 14.3 Å². The summed E-state index contributed by atoms with van der Waals surface area (Å²) in [5.74, 6) is 0.267. The molecule has 30 heavy (non-hydrogen) atoms. The zero-order valence-electron chi connectivity index (χ0n) is 15.8. The van der Waals surface area contributed by atoms with Crippen molar-refractivity contribution >= 4 is 39.5 Å². The molecule has 0 bridgehead atoms. The second-order valence-electron chi connectivity index (χ2n) is 7.23. The Morgan fingerprint density at radius 2 is 2.03 bits per heavy atom. The molecular weight excluding hydrogens is 388 g/mol. The summed E-state index contributed by atoms with van der Waals surface area (Å²) in [7, 11) is 0. The zero-order chi connectivity index (χ0) is 20.8. The molecule has 154 valence electrons. The smallest absolute Gasteiger partial charge is 0.280 e. The van der Waals surface area contributed by atoms with Crippen molar-refractivity contribution in [3.8, 4) is 0 Å². The maximum absolute atomic E-state index is 12.4. The third kappa shape index (κ3) is 3.07. The first-order chi connectivity index (χ1) is 14.5. The van der Waals surface area contributed by atoms with Gasteiger partial charge in [0.15, 0.2) is 11.2 Å². The highest BCUT2D eigenvalue weighted by atomic mass is 16.5. The summed E-state index contributed by atoms with van der Waals surface area (Å²) in [4.78, 5) is 23.5. The van der Waals surface area contributed by atoms with Gasteiger partial charge in [0.1, 0.15) is 12.3 Å². The number of nitrogens with one attached hydrogen (secondary N) is 2. The number of nitrogens with two attached hydrogens (primary N) is 1. The fraction of sp³-hybridized carbons (Fsp3) is 0.250. The largest absolute Gasteiger partial charge is 0.394 e. The lowest BCUT2D eigenvalue weighted by Crippen LogP contribution is -2.24. The van der Waals surface area contributed by atoms with Crippen LogP contribution in [0.15, 0.2) is 47.3 Å². The van der Waals surface area contributed by atoms with Crippen molar-refractivity contribution in [3.63, 3.8) is 0 Å². The summed E-state index contributed by atoms with van der Waals surface area (Å²) in [6.45, 7) is -0.326. The number of nitrogen functional groups attached to an aromatic ring is 1. The van der Waals surface area contributed by atoms with Crippen molar-refractivity contribution < 1.29 is 14.9 Å². The number of rotatable bonds is 4. The molecule has 3 unspecified atom stereocenters. The first-order valence-electron chi connectivity index (χ1n) is 9.51. The number of aromatic nitrogens is 4. The number of fused-ring (bicyclic) bond motifs is 2. The van der Waals surface area contributed by atoms with E-state index in [4.69, 9.17) is 10.5 Å². The van der Waals surface area contributed by atoms with Gasteiger partial charge in [-0.25, -0.2) is 4.98 Å². The van der Waals surface area contributed by atoms with Crippen LogP contribution in [0.2, 0.25) is 0 Å². The number of anilines is 3. The average molecular weight is 408 g/mol. The summed E-state index contributed by atoms with van der Waals surface area (Å²) in [6, 6.07) is 13.8. The number of ether oxygens (including phenoxy) is 1. The van der Waals surface area contributed by atoms with Crippen LogP contribution in [0.4, 0.5) is 17.6 Å². The number of hydrogen-bond donors (Lipinski definition) is 5. The van der Waals surface area contributed by atoms with Gasteiger partial charge < -0.3 is 26.0 Å². The summed E-state index contributed by atoms with van der Waals surface area (Å²) in [5, 5.41) is 25.0. The molecule has 0 radical (unpaired) electrons. The monoisotopic (exact) mass is 408 g/mol. The molecular formula is C20H20N6O4. The third-order valence-electron chi connectivity index (χ3n) is 5.25. The minimum atomic E-state index is -0.856. The normalized spacial score (nSPS) is 21.5. The summed E-state index contributed by atoms with van der Waals surface area (Å²) in [5.41, 5.74) is 6.35. The van der Waals surface area contributed by atoms with E-state index in [2.05, 4.69) is 20.3 Å². The van der Waals surface area contributed by atoms with Gasteiger partial charge >= 0.3 is 0 Å². The predicted octanol–water partition coefficient (Wildman–Crippen LogP) is 1.24. The molecule has 0 amide bonds. The van der Waals surface area contributed by atoms with Crippen LogP contribution in [0.1, 0.15) is 12.6 Å². The van der Waals surface area contributed by atoms with Crippen molar-refractivity contribution in [2.24, 2.45) is 0 Å². The number of benzene rings is 2. The Hall–Kier alpha value is -3.47. The number of H-pyrrole nitrogens is 1. The lowest BCUT2D eigenvalue weighted by atomic mass is 10.1. The lowest BCUT2D eigenvalue weighted by Gasteiger charge is -2.17. The summed E-state index contributed by atoms with van der Waals surface area (Å²) < 4.78 is 7.39. The molecule has 0 aliphatic carbocycles. The van der Waals surface area contributed by atoms with Crippen molar-refractivity contribution in [2.45, 2.75) is 24.9 Å². The van der Waals surface area contributed by atoms with Gasteiger partial charge in [-0.2, -0.15) is 4.98 Å². The molecule has 5 rings (SSSR count). The van der Waals surface area contributed by atoms with E-state index in [1.54, 1.807) is 4.57 Å². The average Bonchev–Trinajstić information content (AvgIpc) is 3.27. The van der Waals surface area contributed by atoms with E-state index in [0.29, 0.717) is 5.95 Å². The number of nitrogens with zero attached hydrogens (tertiary/aromatic N) is 3. The van der Waals surface area contributed by atoms with Gasteiger partial charge in [0.05, 0.1) is 12.7 Å². The number of aliphatic hydroxyl groups is 2. The summed E-state index contributed by atoms with van der Waals surface area (Å²) in [6.07, 6.45) is -2.07. The molecule has 4 aromatic rings. The van der Waals surface area contributed by atoms with E-state index in [-0.39, 0.29) is 30.1 Å². The third-order valence-corrected chi connectivity index (χ3v) is 5.25. The predicted molar refractivity (Wildman–Crippen MR) is 111 cm³/mol. The molecule has 1 aliphatic heterocycles. The number of hydrogen-bond acceptors (Lipinski definition) is 8. The lowest BCUT2D eigenvalue weighted by molar-refractivity contribution is -0.0425. The van der Waals surface area contributed by atoms with Gasteiger partial charge in [0.25, 0.3) is 5.56 Å². The standard InChI is InChI=1S/C20H20N6O4/c21-19-24-17-16(18(29)25-19)23-20(26(17)15-8-13(28)14(9-27)30-15)22-12-6-5-10-3-1-2-4-11(10)7-12/h1-7,13-15,27-28H,8-9H2,(H,22,23)(H3,21,24,25,29).